The molecule has 0 spiro atoms. The molecule has 2 heterocycles. The fourth-order valence-corrected chi connectivity index (χ4v) is 3.45. The van der Waals surface area contributed by atoms with E-state index in [0.29, 0.717) is 5.56 Å². The van der Waals surface area contributed by atoms with Crippen LogP contribution in [-0.2, 0) is 4.79 Å². The summed E-state index contributed by atoms with van der Waals surface area (Å²) in [5.74, 6) is -0.113. The number of amides is 2. The van der Waals surface area contributed by atoms with Gasteiger partial charge >= 0.3 is 0 Å². The van der Waals surface area contributed by atoms with Crippen molar-refractivity contribution in [3.8, 4) is 0 Å². The molecule has 0 radical (unpaired) electrons. The quantitative estimate of drug-likeness (QED) is 0.943. The molecule has 0 unspecified atom stereocenters. The fraction of sp³-hybridized carbons (Fsp3) is 0.250. The molecule has 1 aliphatic heterocycles. The van der Waals surface area contributed by atoms with Gasteiger partial charge in [0.25, 0.3) is 5.91 Å². The highest BCUT2D eigenvalue weighted by molar-refractivity contribution is 7.08. The van der Waals surface area contributed by atoms with Crippen molar-refractivity contribution in [3.63, 3.8) is 0 Å². The Morgan fingerprint density at radius 1 is 1.32 bits per heavy atom. The van der Waals surface area contributed by atoms with Gasteiger partial charge in [-0.2, -0.15) is 11.3 Å². The Morgan fingerprint density at radius 2 is 2.09 bits per heavy atom. The molecule has 1 aromatic carbocycles. The van der Waals surface area contributed by atoms with Crippen molar-refractivity contribution < 1.29 is 9.59 Å². The van der Waals surface area contributed by atoms with Gasteiger partial charge in [0.1, 0.15) is 6.17 Å². The van der Waals surface area contributed by atoms with Crippen molar-refractivity contribution >= 4 is 28.8 Å². The highest BCUT2D eigenvalue weighted by Gasteiger charge is 2.37. The number of carbonyl (C=O) groups excluding carboxylic acids is 2. The largest absolute Gasteiger partial charge is 0.358 e. The maximum Gasteiger partial charge on any atom is 0.257 e. The van der Waals surface area contributed by atoms with E-state index in [0.717, 1.165) is 11.3 Å². The molecule has 6 heteroatoms. The summed E-state index contributed by atoms with van der Waals surface area (Å²) in [5, 5.41) is 6.65. The number of para-hydroxylation sites is 1. The van der Waals surface area contributed by atoms with E-state index >= 15 is 0 Å². The molecule has 0 saturated heterocycles. The van der Waals surface area contributed by atoms with Crippen LogP contribution < -0.4 is 10.2 Å². The first-order chi connectivity index (χ1) is 10.6. The molecule has 3 rings (SSSR count). The predicted molar refractivity (Wildman–Crippen MR) is 87.0 cm³/mol. The van der Waals surface area contributed by atoms with Crippen molar-refractivity contribution in [1.82, 2.24) is 10.2 Å². The number of fused-ring (bicyclic) bond motifs is 1. The van der Waals surface area contributed by atoms with Crippen molar-refractivity contribution in [1.29, 1.82) is 0 Å². The maximum absolute atomic E-state index is 12.6. The number of anilines is 1. The first kappa shape index (κ1) is 14.6. The van der Waals surface area contributed by atoms with Crippen molar-refractivity contribution in [2.45, 2.75) is 6.17 Å². The number of thiophene rings is 1. The molecule has 1 aliphatic rings. The Bertz CT molecular complexity index is 699. The molecule has 0 bridgehead atoms. The van der Waals surface area contributed by atoms with Crippen LogP contribution in [0.25, 0.3) is 0 Å². The van der Waals surface area contributed by atoms with Crippen LogP contribution in [-0.4, -0.2) is 37.4 Å². The molecule has 22 heavy (non-hydrogen) atoms. The van der Waals surface area contributed by atoms with Crippen molar-refractivity contribution in [2.75, 3.05) is 25.5 Å². The summed E-state index contributed by atoms with van der Waals surface area (Å²) in [6.07, 6.45) is -0.272. The fourth-order valence-electron chi connectivity index (χ4n) is 2.78. The third-order valence-electron chi connectivity index (χ3n) is 3.86. The van der Waals surface area contributed by atoms with Gasteiger partial charge in [0.15, 0.2) is 0 Å². The number of hydrogen-bond donors (Lipinski definition) is 1. The van der Waals surface area contributed by atoms with Crippen LogP contribution >= 0.6 is 11.3 Å². The molecule has 5 nitrogen and oxygen atoms in total. The zero-order valence-electron chi connectivity index (χ0n) is 12.4. The summed E-state index contributed by atoms with van der Waals surface area (Å²) in [6.45, 7) is 0.200. The minimum absolute atomic E-state index is 0.0278. The summed E-state index contributed by atoms with van der Waals surface area (Å²) in [4.78, 5) is 28.2. The van der Waals surface area contributed by atoms with Gasteiger partial charge in [0, 0.05) is 19.7 Å². The van der Waals surface area contributed by atoms with Gasteiger partial charge in [-0.15, -0.1) is 0 Å². The molecule has 1 aromatic heterocycles. The predicted octanol–water partition coefficient (Wildman–Crippen LogP) is 2.08. The van der Waals surface area contributed by atoms with E-state index in [1.54, 1.807) is 36.4 Å². The van der Waals surface area contributed by atoms with E-state index in [-0.39, 0.29) is 24.5 Å². The Labute approximate surface area is 133 Å². The zero-order valence-corrected chi connectivity index (χ0v) is 13.3. The van der Waals surface area contributed by atoms with Crippen LogP contribution in [0.4, 0.5) is 5.69 Å². The average Bonchev–Trinajstić information content (AvgIpc) is 3.06. The zero-order chi connectivity index (χ0) is 15.7. The van der Waals surface area contributed by atoms with E-state index in [1.165, 1.54) is 0 Å². The molecule has 1 N–H and O–H groups in total. The van der Waals surface area contributed by atoms with E-state index in [9.17, 15) is 9.59 Å². The highest BCUT2D eigenvalue weighted by atomic mass is 32.1. The molecule has 2 aromatic rings. The van der Waals surface area contributed by atoms with Crippen LogP contribution in [0.3, 0.4) is 0 Å². The van der Waals surface area contributed by atoms with E-state index in [4.69, 9.17) is 0 Å². The lowest BCUT2D eigenvalue weighted by Gasteiger charge is -2.43. The van der Waals surface area contributed by atoms with E-state index in [2.05, 4.69) is 5.32 Å². The van der Waals surface area contributed by atoms with Crippen LogP contribution in [0.15, 0.2) is 41.1 Å². The third kappa shape index (κ3) is 2.35. The van der Waals surface area contributed by atoms with Crippen molar-refractivity contribution in [3.05, 3.63) is 52.2 Å². The highest BCUT2D eigenvalue weighted by Crippen LogP contribution is 2.38. The number of nitrogens with one attached hydrogen (secondary N) is 1. The molecule has 114 valence electrons. The topological polar surface area (TPSA) is 52.7 Å². The Balaban J connectivity index is 2.11. The van der Waals surface area contributed by atoms with Crippen LogP contribution in [0, 0.1) is 0 Å². The van der Waals surface area contributed by atoms with Crippen molar-refractivity contribution in [2.24, 2.45) is 0 Å². The summed E-state index contributed by atoms with van der Waals surface area (Å²) >= 11 is 1.58. The molecule has 2 amide bonds. The molecule has 0 aliphatic carbocycles. The van der Waals surface area contributed by atoms with Crippen LogP contribution in [0.2, 0.25) is 0 Å². The minimum atomic E-state index is -0.272. The SMILES string of the molecule is CNC(=O)CN1c2ccccc2C(=O)N(C)[C@H]1c1ccsc1. The molecule has 0 fully saturated rings. The average molecular weight is 315 g/mol. The summed E-state index contributed by atoms with van der Waals surface area (Å²) in [7, 11) is 3.39. The monoisotopic (exact) mass is 315 g/mol. The molecular formula is C16H17N3O2S. The number of carbonyl (C=O) groups is 2. The minimum Gasteiger partial charge on any atom is -0.358 e. The molecule has 0 saturated carbocycles. The van der Waals surface area contributed by atoms with Gasteiger partial charge in [-0.3, -0.25) is 9.59 Å². The summed E-state index contributed by atoms with van der Waals surface area (Å²) in [6, 6.07) is 9.41. The number of likely N-dealkylation sites (N-methyl/N-ethyl adjacent to an activating group) is 1. The standard InChI is InChI=1S/C16H17N3O2S/c1-17-14(20)9-19-13-6-4-3-5-12(13)16(21)18(2)15(19)11-7-8-22-10-11/h3-8,10,15H,9H2,1-2H3,(H,17,20)/t15-/m1/s1. The Morgan fingerprint density at radius 3 is 2.77 bits per heavy atom. The van der Waals surface area contributed by atoms with Gasteiger partial charge in [0.05, 0.1) is 17.8 Å². The van der Waals surface area contributed by atoms with Gasteiger partial charge < -0.3 is 15.1 Å². The third-order valence-corrected chi connectivity index (χ3v) is 4.56. The smallest absolute Gasteiger partial charge is 0.257 e. The van der Waals surface area contributed by atoms with Gasteiger partial charge in [-0.05, 0) is 29.0 Å². The van der Waals surface area contributed by atoms with E-state index < -0.39 is 0 Å². The number of nitrogens with zero attached hydrogens (tertiary/aromatic N) is 2. The number of rotatable bonds is 3. The summed E-state index contributed by atoms with van der Waals surface area (Å²) in [5.41, 5.74) is 2.44. The molecular weight excluding hydrogens is 298 g/mol. The normalized spacial score (nSPS) is 17.4. The number of benzene rings is 1. The number of hydrogen-bond acceptors (Lipinski definition) is 4. The maximum atomic E-state index is 12.6. The first-order valence-electron chi connectivity index (χ1n) is 6.99. The molecule has 1 atom stereocenters. The first-order valence-corrected chi connectivity index (χ1v) is 7.93. The second kappa shape index (κ2) is 5.81. The lowest BCUT2D eigenvalue weighted by molar-refractivity contribution is -0.119. The second-order valence-corrected chi connectivity index (χ2v) is 5.94. The summed E-state index contributed by atoms with van der Waals surface area (Å²) < 4.78 is 0. The van der Waals surface area contributed by atoms with Gasteiger partial charge in [-0.1, -0.05) is 12.1 Å². The van der Waals surface area contributed by atoms with Crippen LogP contribution in [0.5, 0.6) is 0 Å². The van der Waals surface area contributed by atoms with Gasteiger partial charge in [-0.25, -0.2) is 0 Å². The second-order valence-electron chi connectivity index (χ2n) is 5.16. The van der Waals surface area contributed by atoms with E-state index in [1.807, 2.05) is 39.9 Å². The Kier molecular flexibility index (Phi) is 3.85. The lowest BCUT2D eigenvalue weighted by Crippen LogP contribution is -2.50. The van der Waals surface area contributed by atoms with Crippen LogP contribution in [0.1, 0.15) is 22.1 Å². The lowest BCUT2D eigenvalue weighted by atomic mass is 10.0. The Hall–Kier alpha value is -2.34. The van der Waals surface area contributed by atoms with Gasteiger partial charge in [0.2, 0.25) is 5.91 Å².